The third-order valence-electron chi connectivity index (χ3n) is 2.82. The number of aromatic nitrogens is 2. The van der Waals surface area contributed by atoms with Gasteiger partial charge in [0.15, 0.2) is 0 Å². The number of aromatic amines is 2. The second-order valence-electron chi connectivity index (χ2n) is 5.63. The Hall–Kier alpha value is -0.817. The average molecular weight is 293 g/mol. The molecule has 2 rings (SSSR count). The molecule has 0 radical (unpaired) electrons. The third-order valence-corrected chi connectivity index (χ3v) is 12.3. The van der Waals surface area contributed by atoms with Gasteiger partial charge in [0.05, 0.1) is 0 Å². The first-order valence-electron chi connectivity index (χ1n) is 4.76. The molecule has 0 unspecified atom stereocenters. The number of rotatable bonds is 2. The molecule has 2 aromatic rings. The van der Waals surface area contributed by atoms with Gasteiger partial charge in [-0.05, 0) is 0 Å². The number of hydrogen-bond acceptors (Lipinski definition) is 0. The minimum absolute atomic E-state index is 1.37. The summed E-state index contributed by atoms with van der Waals surface area (Å²) < 4.78 is 2.75. The Bertz CT molecular complexity index is 416. The summed E-state index contributed by atoms with van der Waals surface area (Å²) in [6.07, 6.45) is 4.03. The molecule has 2 aromatic heterocycles. The van der Waals surface area contributed by atoms with Gasteiger partial charge < -0.3 is 0 Å². The van der Waals surface area contributed by atoms with Crippen LogP contribution in [0.15, 0.2) is 36.7 Å². The van der Waals surface area contributed by atoms with E-state index in [4.69, 9.17) is 0 Å². The van der Waals surface area contributed by atoms with Gasteiger partial charge in [-0.15, -0.1) is 0 Å². The maximum atomic E-state index is 3.40. The van der Waals surface area contributed by atoms with Crippen molar-refractivity contribution in [2.45, 2.75) is 22.1 Å². The fraction of sp³-hybridized carbons (Fsp3) is 0.333. The van der Waals surface area contributed by atoms with Crippen molar-refractivity contribution in [1.29, 1.82) is 0 Å². The van der Waals surface area contributed by atoms with Crippen LogP contribution in [0, 0.1) is 0 Å². The van der Waals surface area contributed by atoms with Gasteiger partial charge in [-0.25, -0.2) is 0 Å². The van der Waals surface area contributed by atoms with Gasteiger partial charge in [0.25, 0.3) is 0 Å². The van der Waals surface area contributed by atoms with E-state index in [0.717, 1.165) is 0 Å². The zero-order valence-electron chi connectivity index (χ0n) is 9.82. The average Bonchev–Trinajstić information content (AvgIpc) is 2.77. The Labute approximate surface area is 89.8 Å². The van der Waals surface area contributed by atoms with Crippen molar-refractivity contribution < 1.29 is 12.4 Å². The molecule has 0 spiro atoms. The van der Waals surface area contributed by atoms with E-state index in [1.54, 1.807) is 0 Å². The van der Waals surface area contributed by atoms with Gasteiger partial charge >= 0.3 is 89.7 Å². The molecule has 0 aliphatic rings. The Morgan fingerprint density at radius 1 is 0.800 bits per heavy atom. The molecule has 0 aliphatic carbocycles. The Morgan fingerprint density at radius 3 is 1.47 bits per heavy atom. The monoisotopic (exact) mass is 294 g/mol. The quantitative estimate of drug-likeness (QED) is 0.798. The molecule has 0 aromatic carbocycles. The Balaban J connectivity index is 2.76. The summed E-state index contributed by atoms with van der Waals surface area (Å²) in [5.74, 6) is 0. The predicted octanol–water partition coefficient (Wildman–Crippen LogP) is 2.71. The summed E-state index contributed by atoms with van der Waals surface area (Å²) in [4.78, 5) is 6.81. The number of H-pyrrole nitrogens is 2. The van der Waals surface area contributed by atoms with Crippen molar-refractivity contribution >= 4 is 8.58 Å². The fourth-order valence-electron chi connectivity index (χ4n) is 1.70. The fourth-order valence-corrected chi connectivity index (χ4v) is 7.69. The van der Waals surface area contributed by atoms with Crippen molar-refractivity contribution in [2.24, 2.45) is 0 Å². The minimum atomic E-state index is -3.12. The van der Waals surface area contributed by atoms with Crippen molar-refractivity contribution in [3.8, 4) is 0 Å². The van der Waals surface area contributed by atoms with Crippen LogP contribution in [-0.4, -0.2) is 9.97 Å². The Kier molecular flexibility index (Phi) is 1.76. The van der Waals surface area contributed by atoms with Crippen LogP contribution < -0.4 is 8.58 Å². The molecule has 0 amide bonds. The van der Waals surface area contributed by atoms with Gasteiger partial charge in [0, 0.05) is 0 Å². The summed E-state index contributed by atoms with van der Waals surface area (Å²) >= 11 is -3.12. The van der Waals surface area contributed by atoms with Gasteiger partial charge in [0.2, 0.25) is 0 Å². The molecule has 0 bridgehead atoms. The van der Waals surface area contributed by atoms with Crippen molar-refractivity contribution in [3.63, 3.8) is 0 Å². The molecule has 2 N–H and O–H groups in total. The van der Waals surface area contributed by atoms with Crippen molar-refractivity contribution in [2.75, 3.05) is 0 Å². The van der Waals surface area contributed by atoms with Crippen LogP contribution in [0.4, 0.5) is 0 Å². The number of hydrogen-bond donors (Lipinski definition) is 2. The van der Waals surface area contributed by atoms with Crippen LogP contribution in [0.1, 0.15) is 0 Å². The zero-order valence-corrected chi connectivity index (χ0v) is 11.6. The molecule has 3 heteroatoms. The van der Waals surface area contributed by atoms with Gasteiger partial charge in [-0.2, -0.15) is 0 Å². The molecule has 0 atom stereocenters. The second-order valence-corrected chi connectivity index (χ2v) is 25.3. The molecule has 2 nitrogen and oxygen atoms in total. The summed E-state index contributed by atoms with van der Waals surface area (Å²) in [7, 11) is 0. The molecular weight excluding hydrogens is 273 g/mol. The van der Waals surface area contributed by atoms with Gasteiger partial charge in [0.1, 0.15) is 0 Å². The van der Waals surface area contributed by atoms with E-state index < -0.39 is 12.4 Å². The summed E-state index contributed by atoms with van der Waals surface area (Å²) in [5, 5.41) is 0. The molecular formula is C12H20N2Ru. The SMILES string of the molecule is [CH3][Ru]([CH3])([CH3])([CH3])([c]1ccc[nH]1)[c]1ccc[nH]1. The number of nitrogens with one attached hydrogen (secondary N) is 2. The van der Waals surface area contributed by atoms with Crippen LogP contribution in [0.5, 0.6) is 0 Å². The van der Waals surface area contributed by atoms with Crippen LogP contribution in [0.2, 0.25) is 22.1 Å². The summed E-state index contributed by atoms with van der Waals surface area (Å²) in [6, 6.07) is 8.58. The van der Waals surface area contributed by atoms with Crippen LogP contribution >= 0.6 is 0 Å². The van der Waals surface area contributed by atoms with Crippen LogP contribution in [0.25, 0.3) is 0 Å². The van der Waals surface area contributed by atoms with E-state index in [1.165, 1.54) is 8.58 Å². The second kappa shape index (κ2) is 2.46. The molecule has 0 saturated carbocycles. The first-order valence-corrected chi connectivity index (χ1v) is 13.4. The van der Waals surface area contributed by atoms with E-state index in [9.17, 15) is 0 Å². The molecule has 2 heterocycles. The van der Waals surface area contributed by atoms with Gasteiger partial charge in [-0.1, -0.05) is 0 Å². The van der Waals surface area contributed by atoms with Crippen LogP contribution in [0.3, 0.4) is 0 Å². The molecule has 0 saturated heterocycles. The first kappa shape index (κ1) is 10.7. The van der Waals surface area contributed by atoms with E-state index in [0.29, 0.717) is 0 Å². The summed E-state index contributed by atoms with van der Waals surface area (Å²) in [6.45, 7) is 0. The molecule has 0 aliphatic heterocycles. The Morgan fingerprint density at radius 2 is 1.20 bits per heavy atom. The predicted molar refractivity (Wildman–Crippen MR) is 64.3 cm³/mol. The topological polar surface area (TPSA) is 31.6 Å². The van der Waals surface area contributed by atoms with E-state index >= 15 is 0 Å². The van der Waals surface area contributed by atoms with E-state index in [1.807, 2.05) is 12.4 Å². The molecule has 15 heavy (non-hydrogen) atoms. The van der Waals surface area contributed by atoms with Crippen molar-refractivity contribution in [3.05, 3.63) is 36.7 Å². The first-order chi connectivity index (χ1) is 6.74. The summed E-state index contributed by atoms with van der Waals surface area (Å²) in [5.41, 5.74) is 9.67. The molecule has 86 valence electrons. The van der Waals surface area contributed by atoms with E-state index in [2.05, 4.69) is 56.3 Å². The van der Waals surface area contributed by atoms with Crippen LogP contribution in [-0.2, 0) is 12.4 Å². The third kappa shape index (κ3) is 1.50. The maximum absolute atomic E-state index is 3.40. The van der Waals surface area contributed by atoms with E-state index in [-0.39, 0.29) is 0 Å². The van der Waals surface area contributed by atoms with Gasteiger partial charge in [-0.3, -0.25) is 0 Å². The molecule has 0 fully saturated rings. The van der Waals surface area contributed by atoms with Crippen molar-refractivity contribution in [1.82, 2.24) is 9.97 Å². The standard InChI is InChI=1S/2C4H4N.4CH3.Ru/c2*1-2-4-5-3-1;;;;;/h2*1-3,5H;4*1H3;. The zero-order chi connectivity index (χ0) is 11.2. The normalized spacial score (nSPS) is 17.1.